The molecule has 0 aliphatic carbocycles. The van der Waals surface area contributed by atoms with Crippen LogP contribution in [0.4, 0.5) is 0 Å². The molecule has 0 radical (unpaired) electrons. The van der Waals surface area contributed by atoms with E-state index in [-0.39, 0.29) is 0 Å². The highest BCUT2D eigenvalue weighted by Gasteiger charge is 2.14. The summed E-state index contributed by atoms with van der Waals surface area (Å²) in [5, 5.41) is 8.34. The lowest BCUT2D eigenvalue weighted by molar-refractivity contribution is 0.414. The van der Waals surface area contributed by atoms with Gasteiger partial charge in [0.2, 0.25) is 0 Å². The van der Waals surface area contributed by atoms with Gasteiger partial charge >= 0.3 is 0 Å². The van der Waals surface area contributed by atoms with Crippen molar-refractivity contribution in [1.29, 1.82) is 0 Å². The molecule has 1 atom stereocenters. The molecule has 1 aromatic heterocycles. The van der Waals surface area contributed by atoms with E-state index in [1.54, 1.807) is 0 Å². The van der Waals surface area contributed by atoms with Gasteiger partial charge in [0.1, 0.15) is 0 Å². The van der Waals surface area contributed by atoms with E-state index in [0.29, 0.717) is 11.1 Å². The Morgan fingerprint density at radius 3 is 3.10 bits per heavy atom. The molecule has 20 heavy (non-hydrogen) atoms. The van der Waals surface area contributed by atoms with Crippen molar-refractivity contribution in [3.8, 4) is 11.3 Å². The Hall–Kier alpha value is -0.970. The van der Waals surface area contributed by atoms with Crippen molar-refractivity contribution < 1.29 is 4.52 Å². The van der Waals surface area contributed by atoms with Crippen molar-refractivity contribution in [1.82, 2.24) is 10.5 Å². The van der Waals surface area contributed by atoms with Crippen LogP contribution in [0.3, 0.4) is 0 Å². The van der Waals surface area contributed by atoms with E-state index in [9.17, 15) is 0 Å². The normalized spacial score (nSPS) is 19.1. The number of halogens is 1. The van der Waals surface area contributed by atoms with Crippen LogP contribution in [0.1, 0.15) is 18.5 Å². The summed E-state index contributed by atoms with van der Waals surface area (Å²) in [7, 11) is 0. The smallest absolute Gasteiger partial charge is 0.168 e. The van der Waals surface area contributed by atoms with E-state index < -0.39 is 0 Å². The number of nitrogens with one attached hydrogen (secondary N) is 1. The van der Waals surface area contributed by atoms with Crippen LogP contribution in [0.25, 0.3) is 11.3 Å². The molecule has 1 saturated heterocycles. The average Bonchev–Trinajstić information content (AvgIpc) is 2.95. The van der Waals surface area contributed by atoms with Crippen LogP contribution in [-0.2, 0) is 6.54 Å². The summed E-state index contributed by atoms with van der Waals surface area (Å²) in [5.74, 6) is 3.21. The third-order valence-corrected chi connectivity index (χ3v) is 4.98. The molecule has 1 aromatic carbocycles. The van der Waals surface area contributed by atoms with Crippen molar-refractivity contribution in [2.45, 2.75) is 25.4 Å². The van der Waals surface area contributed by atoms with E-state index in [2.05, 4.69) is 10.5 Å². The van der Waals surface area contributed by atoms with Crippen LogP contribution in [0.5, 0.6) is 0 Å². The van der Waals surface area contributed by atoms with Crippen molar-refractivity contribution in [2.75, 3.05) is 11.5 Å². The zero-order chi connectivity index (χ0) is 13.8. The van der Waals surface area contributed by atoms with Crippen molar-refractivity contribution in [2.24, 2.45) is 0 Å². The molecular weight excluding hydrogens is 292 g/mol. The minimum absolute atomic E-state index is 0.592. The zero-order valence-electron chi connectivity index (χ0n) is 11.1. The van der Waals surface area contributed by atoms with Gasteiger partial charge in [-0.3, -0.25) is 0 Å². The van der Waals surface area contributed by atoms with Gasteiger partial charge in [-0.25, -0.2) is 0 Å². The fraction of sp³-hybridized carbons (Fsp3) is 0.400. The summed E-state index contributed by atoms with van der Waals surface area (Å²) < 4.78 is 5.39. The molecule has 1 fully saturated rings. The first-order valence-electron chi connectivity index (χ1n) is 6.84. The molecule has 1 aliphatic rings. The first-order valence-corrected chi connectivity index (χ1v) is 8.38. The Kier molecular flexibility index (Phi) is 4.65. The van der Waals surface area contributed by atoms with Gasteiger partial charge in [0.15, 0.2) is 5.76 Å². The lowest BCUT2D eigenvalue weighted by Crippen LogP contribution is -2.33. The molecule has 0 bridgehead atoms. The van der Waals surface area contributed by atoms with Crippen LogP contribution in [0, 0.1) is 0 Å². The number of rotatable bonds is 4. The molecule has 0 saturated carbocycles. The Balaban J connectivity index is 1.63. The number of thioether (sulfide) groups is 1. The first-order chi connectivity index (χ1) is 9.83. The van der Waals surface area contributed by atoms with Crippen LogP contribution in [-0.4, -0.2) is 22.7 Å². The van der Waals surface area contributed by atoms with E-state index in [4.69, 9.17) is 16.1 Å². The van der Waals surface area contributed by atoms with Crippen molar-refractivity contribution >= 4 is 23.4 Å². The van der Waals surface area contributed by atoms with E-state index in [1.165, 1.54) is 24.3 Å². The molecule has 5 heteroatoms. The van der Waals surface area contributed by atoms with Gasteiger partial charge in [0.05, 0.1) is 10.7 Å². The standard InChI is InChI=1S/C15H17ClN2OS/c16-14-6-2-1-5-13(14)15-8-12(18-19-15)9-17-11-4-3-7-20-10-11/h1-2,5-6,8,11,17H,3-4,7,9-10H2/t11-/m1/s1. The fourth-order valence-corrected chi connectivity index (χ4v) is 3.67. The topological polar surface area (TPSA) is 38.1 Å². The summed E-state index contributed by atoms with van der Waals surface area (Å²) in [5.41, 5.74) is 1.82. The SMILES string of the molecule is Clc1ccccc1-c1cc(CN[C@@H]2CCCSC2)no1. The second kappa shape index (κ2) is 6.66. The quantitative estimate of drug-likeness (QED) is 0.927. The summed E-state index contributed by atoms with van der Waals surface area (Å²) in [4.78, 5) is 0. The molecular formula is C15H17ClN2OS. The van der Waals surface area contributed by atoms with Crippen molar-refractivity contribution in [3.63, 3.8) is 0 Å². The van der Waals surface area contributed by atoms with Gasteiger partial charge in [-0.15, -0.1) is 0 Å². The minimum Gasteiger partial charge on any atom is -0.356 e. The van der Waals surface area contributed by atoms with E-state index >= 15 is 0 Å². The Morgan fingerprint density at radius 2 is 2.30 bits per heavy atom. The predicted octanol–water partition coefficient (Wildman–Crippen LogP) is 3.98. The second-order valence-corrected chi connectivity index (χ2v) is 6.51. The number of hydrogen-bond acceptors (Lipinski definition) is 4. The third-order valence-electron chi connectivity index (χ3n) is 3.43. The number of aromatic nitrogens is 1. The Bertz CT molecular complexity index is 567. The monoisotopic (exact) mass is 308 g/mol. The summed E-state index contributed by atoms with van der Waals surface area (Å²) in [6.07, 6.45) is 2.55. The maximum absolute atomic E-state index is 6.16. The third kappa shape index (κ3) is 3.37. The molecule has 2 aromatic rings. The van der Waals surface area contributed by atoms with Crippen LogP contribution in [0.2, 0.25) is 5.02 Å². The van der Waals surface area contributed by atoms with Gasteiger partial charge in [0, 0.05) is 30.0 Å². The van der Waals surface area contributed by atoms with Crippen LogP contribution in [0.15, 0.2) is 34.9 Å². The number of benzene rings is 1. The van der Waals surface area contributed by atoms with Crippen LogP contribution < -0.4 is 5.32 Å². The Morgan fingerprint density at radius 1 is 1.40 bits per heavy atom. The molecule has 0 amide bonds. The summed E-state index contributed by atoms with van der Waals surface area (Å²) in [6.45, 7) is 0.749. The number of hydrogen-bond donors (Lipinski definition) is 1. The zero-order valence-corrected chi connectivity index (χ0v) is 12.7. The lowest BCUT2D eigenvalue weighted by atomic mass is 10.1. The van der Waals surface area contributed by atoms with Gasteiger partial charge in [-0.2, -0.15) is 11.8 Å². The highest BCUT2D eigenvalue weighted by Crippen LogP contribution is 2.28. The van der Waals surface area contributed by atoms with E-state index in [1.807, 2.05) is 42.1 Å². The molecule has 106 valence electrons. The molecule has 1 N–H and O–H groups in total. The van der Waals surface area contributed by atoms with Gasteiger partial charge < -0.3 is 9.84 Å². The molecule has 1 aliphatic heterocycles. The maximum atomic E-state index is 6.16. The predicted molar refractivity (Wildman–Crippen MR) is 84.1 cm³/mol. The van der Waals surface area contributed by atoms with E-state index in [0.717, 1.165) is 23.6 Å². The molecule has 0 unspecified atom stereocenters. The van der Waals surface area contributed by atoms with Gasteiger partial charge in [-0.1, -0.05) is 28.9 Å². The van der Waals surface area contributed by atoms with Gasteiger partial charge in [-0.05, 0) is 30.7 Å². The molecule has 2 heterocycles. The summed E-state index contributed by atoms with van der Waals surface area (Å²) >= 11 is 8.18. The molecule has 3 nitrogen and oxygen atoms in total. The molecule has 0 spiro atoms. The maximum Gasteiger partial charge on any atom is 0.168 e. The minimum atomic E-state index is 0.592. The lowest BCUT2D eigenvalue weighted by Gasteiger charge is -2.21. The Labute approximate surface area is 128 Å². The number of nitrogens with zero attached hydrogens (tertiary/aromatic N) is 1. The highest BCUT2D eigenvalue weighted by atomic mass is 35.5. The fourth-order valence-electron chi connectivity index (χ4n) is 2.33. The molecule has 3 rings (SSSR count). The van der Waals surface area contributed by atoms with Crippen molar-refractivity contribution in [3.05, 3.63) is 41.0 Å². The second-order valence-electron chi connectivity index (χ2n) is 4.96. The summed E-state index contributed by atoms with van der Waals surface area (Å²) in [6, 6.07) is 10.2. The van der Waals surface area contributed by atoms with Gasteiger partial charge in [0.25, 0.3) is 0 Å². The highest BCUT2D eigenvalue weighted by molar-refractivity contribution is 7.99. The average molecular weight is 309 g/mol. The largest absolute Gasteiger partial charge is 0.356 e. The van der Waals surface area contributed by atoms with Crippen LogP contribution >= 0.6 is 23.4 Å². The first kappa shape index (κ1) is 14.0.